The van der Waals surface area contributed by atoms with Crippen LogP contribution in [0.4, 0.5) is 13.2 Å². The molecule has 1 N–H and O–H groups in total. The Morgan fingerprint density at radius 1 is 1.30 bits per heavy atom. The first-order chi connectivity index (χ1) is 9.38. The predicted octanol–water partition coefficient (Wildman–Crippen LogP) is 2.91. The largest absolute Gasteiger partial charge is 0.496 e. The van der Waals surface area contributed by atoms with E-state index in [9.17, 15) is 18.0 Å². The van der Waals surface area contributed by atoms with Gasteiger partial charge >= 0.3 is 12.1 Å². The number of aromatic amines is 1. The first-order valence-corrected chi connectivity index (χ1v) is 5.69. The minimum atomic E-state index is -4.59. The van der Waals surface area contributed by atoms with Gasteiger partial charge in [-0.15, -0.1) is 0 Å². The molecule has 2 aromatic rings. The van der Waals surface area contributed by atoms with Gasteiger partial charge in [-0.1, -0.05) is 0 Å². The summed E-state index contributed by atoms with van der Waals surface area (Å²) in [5, 5.41) is -0.0674. The third-order valence-electron chi connectivity index (χ3n) is 2.96. The summed E-state index contributed by atoms with van der Waals surface area (Å²) in [4.78, 5) is 14.0. The van der Waals surface area contributed by atoms with E-state index in [0.29, 0.717) is 0 Å². The van der Waals surface area contributed by atoms with Crippen molar-refractivity contribution in [1.82, 2.24) is 4.98 Å². The summed E-state index contributed by atoms with van der Waals surface area (Å²) in [6.07, 6.45) is -3.46. The lowest BCUT2D eigenvalue weighted by atomic mass is 10.0. The SMILES string of the molecule is COC(=O)Cc1c[nH]c2ccc(OC)c(C(F)(F)F)c12. The molecule has 0 saturated carbocycles. The number of nitrogens with one attached hydrogen (secondary N) is 1. The van der Waals surface area contributed by atoms with Gasteiger partial charge in [0.2, 0.25) is 0 Å². The highest BCUT2D eigenvalue weighted by molar-refractivity contribution is 5.92. The first kappa shape index (κ1) is 14.2. The quantitative estimate of drug-likeness (QED) is 0.883. The number of fused-ring (bicyclic) bond motifs is 1. The third-order valence-corrected chi connectivity index (χ3v) is 2.96. The van der Waals surface area contributed by atoms with Crippen molar-refractivity contribution in [3.63, 3.8) is 0 Å². The van der Waals surface area contributed by atoms with Crippen molar-refractivity contribution in [3.8, 4) is 5.75 Å². The van der Waals surface area contributed by atoms with Crippen molar-refractivity contribution in [2.75, 3.05) is 14.2 Å². The molecule has 20 heavy (non-hydrogen) atoms. The average Bonchev–Trinajstić information content (AvgIpc) is 2.79. The Morgan fingerprint density at radius 2 is 2.00 bits per heavy atom. The summed E-state index contributed by atoms with van der Waals surface area (Å²) < 4.78 is 49.0. The highest BCUT2D eigenvalue weighted by Crippen LogP contribution is 2.42. The van der Waals surface area contributed by atoms with E-state index in [0.717, 1.165) is 0 Å². The Morgan fingerprint density at radius 3 is 2.55 bits per heavy atom. The monoisotopic (exact) mass is 287 g/mol. The zero-order valence-corrected chi connectivity index (χ0v) is 10.8. The lowest BCUT2D eigenvalue weighted by molar-refractivity contribution is -0.140. The number of H-pyrrole nitrogens is 1. The minimum absolute atomic E-state index is 0.0674. The van der Waals surface area contributed by atoms with Crippen molar-refractivity contribution in [2.45, 2.75) is 12.6 Å². The maximum Gasteiger partial charge on any atom is 0.420 e. The van der Waals surface area contributed by atoms with Crippen LogP contribution in [-0.4, -0.2) is 25.2 Å². The highest BCUT2D eigenvalue weighted by atomic mass is 19.4. The predicted molar refractivity (Wildman–Crippen MR) is 65.6 cm³/mol. The molecule has 0 aliphatic carbocycles. The average molecular weight is 287 g/mol. The molecule has 1 aromatic heterocycles. The molecule has 0 aliphatic rings. The Labute approximate surface area is 112 Å². The molecule has 2 rings (SSSR count). The number of aromatic nitrogens is 1. The van der Waals surface area contributed by atoms with E-state index in [1.165, 1.54) is 32.5 Å². The van der Waals surface area contributed by atoms with Crippen molar-refractivity contribution < 1.29 is 27.4 Å². The lowest BCUT2D eigenvalue weighted by Gasteiger charge is -2.14. The van der Waals surface area contributed by atoms with Crippen LogP contribution in [0.5, 0.6) is 5.75 Å². The molecule has 0 unspecified atom stereocenters. The fourth-order valence-electron chi connectivity index (χ4n) is 2.09. The van der Waals surface area contributed by atoms with Crippen LogP contribution in [0.25, 0.3) is 10.9 Å². The third kappa shape index (κ3) is 2.43. The number of benzene rings is 1. The van der Waals surface area contributed by atoms with E-state index < -0.39 is 17.7 Å². The van der Waals surface area contributed by atoms with Crippen LogP contribution in [0.15, 0.2) is 18.3 Å². The molecule has 0 spiro atoms. The molecule has 7 heteroatoms. The van der Waals surface area contributed by atoms with Gasteiger partial charge in [0.15, 0.2) is 0 Å². The number of halogens is 3. The standard InChI is InChI=1S/C13H12F3NO3/c1-19-9-4-3-8-11(12(9)13(14,15)16)7(6-17-8)5-10(18)20-2/h3-4,6,17H,5H2,1-2H3. The van der Waals surface area contributed by atoms with Gasteiger partial charge < -0.3 is 14.5 Å². The summed E-state index contributed by atoms with van der Waals surface area (Å²) in [5.41, 5.74) is -0.382. The molecule has 108 valence electrons. The van der Waals surface area contributed by atoms with Crippen LogP contribution >= 0.6 is 0 Å². The van der Waals surface area contributed by atoms with Crippen LogP contribution in [-0.2, 0) is 22.1 Å². The van der Waals surface area contributed by atoms with Crippen molar-refractivity contribution >= 4 is 16.9 Å². The second kappa shape index (κ2) is 5.07. The number of carbonyl (C=O) groups excluding carboxylic acids is 1. The van der Waals surface area contributed by atoms with E-state index in [1.807, 2.05) is 0 Å². The van der Waals surface area contributed by atoms with Gasteiger partial charge in [-0.2, -0.15) is 13.2 Å². The van der Waals surface area contributed by atoms with Crippen molar-refractivity contribution in [1.29, 1.82) is 0 Å². The van der Waals surface area contributed by atoms with Gasteiger partial charge in [0.25, 0.3) is 0 Å². The summed E-state index contributed by atoms with van der Waals surface area (Å²) in [6.45, 7) is 0. The molecule has 1 heterocycles. The molecule has 0 fully saturated rings. The number of hydrogen-bond acceptors (Lipinski definition) is 3. The fraction of sp³-hybridized carbons (Fsp3) is 0.308. The van der Waals surface area contributed by atoms with Gasteiger partial charge in [-0.25, -0.2) is 0 Å². The molecule has 4 nitrogen and oxygen atoms in total. The summed E-state index contributed by atoms with van der Waals surface area (Å²) in [6, 6.07) is 2.72. The Bertz CT molecular complexity index is 646. The maximum atomic E-state index is 13.2. The number of alkyl halides is 3. The van der Waals surface area contributed by atoms with Crippen LogP contribution in [0, 0.1) is 0 Å². The second-order valence-corrected chi connectivity index (χ2v) is 4.13. The number of esters is 1. The number of hydrogen-bond donors (Lipinski definition) is 1. The Balaban J connectivity index is 2.70. The van der Waals surface area contributed by atoms with Crippen LogP contribution in [0.3, 0.4) is 0 Å². The normalized spacial score (nSPS) is 11.7. The fourth-order valence-corrected chi connectivity index (χ4v) is 2.09. The second-order valence-electron chi connectivity index (χ2n) is 4.13. The number of methoxy groups -OCH3 is 2. The smallest absolute Gasteiger partial charge is 0.420 e. The van der Waals surface area contributed by atoms with Gasteiger partial charge in [-0.05, 0) is 17.7 Å². The van der Waals surface area contributed by atoms with Gasteiger partial charge in [-0.3, -0.25) is 4.79 Å². The van der Waals surface area contributed by atoms with Crippen LogP contribution in [0.1, 0.15) is 11.1 Å². The zero-order valence-electron chi connectivity index (χ0n) is 10.8. The zero-order chi connectivity index (χ0) is 14.9. The number of ether oxygens (including phenoxy) is 2. The molecular formula is C13H12F3NO3. The lowest BCUT2D eigenvalue weighted by Crippen LogP contribution is -2.10. The molecule has 0 aliphatic heterocycles. The molecule has 0 saturated heterocycles. The molecule has 0 atom stereocenters. The molecular weight excluding hydrogens is 275 g/mol. The van der Waals surface area contributed by atoms with Crippen molar-refractivity contribution in [3.05, 3.63) is 29.5 Å². The Kier molecular flexibility index (Phi) is 3.61. The van der Waals surface area contributed by atoms with E-state index in [2.05, 4.69) is 9.72 Å². The van der Waals surface area contributed by atoms with Crippen LogP contribution in [0.2, 0.25) is 0 Å². The minimum Gasteiger partial charge on any atom is -0.496 e. The summed E-state index contributed by atoms with van der Waals surface area (Å²) >= 11 is 0. The van der Waals surface area contributed by atoms with E-state index in [1.54, 1.807) is 0 Å². The van der Waals surface area contributed by atoms with Gasteiger partial charge in [0, 0.05) is 17.1 Å². The highest BCUT2D eigenvalue weighted by Gasteiger charge is 2.37. The van der Waals surface area contributed by atoms with E-state index in [4.69, 9.17) is 4.74 Å². The van der Waals surface area contributed by atoms with E-state index in [-0.39, 0.29) is 28.6 Å². The van der Waals surface area contributed by atoms with Gasteiger partial charge in [0.05, 0.1) is 20.6 Å². The number of carbonyl (C=O) groups is 1. The number of rotatable bonds is 3. The molecule has 1 aromatic carbocycles. The van der Waals surface area contributed by atoms with Crippen LogP contribution < -0.4 is 4.74 Å². The molecule has 0 bridgehead atoms. The topological polar surface area (TPSA) is 51.3 Å². The molecule has 0 radical (unpaired) electrons. The summed E-state index contributed by atoms with van der Waals surface area (Å²) in [5.74, 6) is -0.891. The van der Waals surface area contributed by atoms with E-state index >= 15 is 0 Å². The summed E-state index contributed by atoms with van der Waals surface area (Å²) in [7, 11) is 2.35. The van der Waals surface area contributed by atoms with Crippen molar-refractivity contribution in [2.24, 2.45) is 0 Å². The molecule has 0 amide bonds. The van der Waals surface area contributed by atoms with Gasteiger partial charge in [0.1, 0.15) is 11.3 Å². The Hall–Kier alpha value is -2.18. The first-order valence-electron chi connectivity index (χ1n) is 5.69. The maximum absolute atomic E-state index is 13.2.